The fourth-order valence-corrected chi connectivity index (χ4v) is 4.96. The number of nitrogens with zero attached hydrogens (tertiary/aromatic N) is 2. The third-order valence-electron chi connectivity index (χ3n) is 6.31. The normalized spacial score (nSPS) is 13.4. The van der Waals surface area contributed by atoms with Crippen LogP contribution < -0.4 is 0 Å². The van der Waals surface area contributed by atoms with Gasteiger partial charge in [-0.2, -0.15) is 0 Å². The molecule has 33 heavy (non-hydrogen) atoms. The van der Waals surface area contributed by atoms with Gasteiger partial charge in [-0.25, -0.2) is 8.78 Å². The van der Waals surface area contributed by atoms with Crippen molar-refractivity contribution < 1.29 is 8.78 Å². The molecule has 0 saturated heterocycles. The molecule has 158 valence electrons. The standard InChI is InChI=1S/C29H18F2N2/c30-20-12-14-24-22(17-20)23-18-21(31)13-15-25(23)29(24,27-10-4-5-16-32-27)28-11-6-9-26(33-28)19-7-2-1-3-8-19/h1-18H. The van der Waals surface area contributed by atoms with Gasteiger partial charge in [-0.1, -0.05) is 54.6 Å². The van der Waals surface area contributed by atoms with Crippen LogP contribution in [0.25, 0.3) is 22.4 Å². The summed E-state index contributed by atoms with van der Waals surface area (Å²) in [6, 6.07) is 31.0. The van der Waals surface area contributed by atoms with Gasteiger partial charge >= 0.3 is 0 Å². The van der Waals surface area contributed by atoms with Crippen LogP contribution in [0.4, 0.5) is 8.78 Å². The summed E-state index contributed by atoms with van der Waals surface area (Å²) in [7, 11) is 0. The first kappa shape index (κ1) is 19.5. The van der Waals surface area contributed by atoms with E-state index in [0.29, 0.717) is 11.1 Å². The van der Waals surface area contributed by atoms with E-state index in [4.69, 9.17) is 9.97 Å². The molecule has 1 aliphatic rings. The molecular formula is C29H18F2N2. The molecule has 0 saturated carbocycles. The lowest BCUT2D eigenvalue weighted by atomic mass is 9.72. The summed E-state index contributed by atoms with van der Waals surface area (Å²) in [5.74, 6) is -0.737. The van der Waals surface area contributed by atoms with Gasteiger partial charge in [0.15, 0.2) is 0 Å². The molecule has 0 atom stereocenters. The molecule has 0 fully saturated rings. The van der Waals surface area contributed by atoms with Gasteiger partial charge in [-0.3, -0.25) is 9.97 Å². The van der Waals surface area contributed by atoms with Gasteiger partial charge in [0.25, 0.3) is 0 Å². The van der Waals surface area contributed by atoms with Gasteiger partial charge in [-0.05, 0) is 70.8 Å². The minimum absolute atomic E-state index is 0.369. The Bertz CT molecular complexity index is 1430. The molecule has 0 amide bonds. The summed E-state index contributed by atoms with van der Waals surface area (Å²) in [5, 5.41) is 0. The van der Waals surface area contributed by atoms with Crippen molar-refractivity contribution in [1.82, 2.24) is 9.97 Å². The fraction of sp³-hybridized carbons (Fsp3) is 0.0345. The SMILES string of the molecule is Fc1ccc2c(c1)-c1cc(F)ccc1C2(c1ccccn1)c1cccc(-c2ccccc2)n1. The fourth-order valence-electron chi connectivity index (χ4n) is 4.96. The Morgan fingerprint density at radius 3 is 1.85 bits per heavy atom. The maximum absolute atomic E-state index is 14.4. The third-order valence-corrected chi connectivity index (χ3v) is 6.31. The summed E-state index contributed by atoms with van der Waals surface area (Å²) in [6.07, 6.45) is 1.74. The maximum Gasteiger partial charge on any atom is 0.123 e. The Kier molecular flexibility index (Phi) is 4.40. The van der Waals surface area contributed by atoms with E-state index in [9.17, 15) is 8.78 Å². The molecule has 4 heteroatoms. The molecule has 2 aromatic heterocycles. The minimum atomic E-state index is -0.905. The van der Waals surface area contributed by atoms with Crippen LogP contribution in [0.15, 0.2) is 109 Å². The molecule has 3 aromatic carbocycles. The number of hydrogen-bond donors (Lipinski definition) is 0. The van der Waals surface area contributed by atoms with Crippen LogP contribution in [-0.4, -0.2) is 9.97 Å². The zero-order chi connectivity index (χ0) is 22.4. The Balaban J connectivity index is 1.73. The molecule has 0 aliphatic heterocycles. The average molecular weight is 432 g/mol. The first-order valence-corrected chi connectivity index (χ1v) is 10.7. The van der Waals surface area contributed by atoms with E-state index in [1.165, 1.54) is 24.3 Å². The van der Waals surface area contributed by atoms with Crippen LogP contribution >= 0.6 is 0 Å². The van der Waals surface area contributed by atoms with Crippen LogP contribution in [0.1, 0.15) is 22.5 Å². The first-order chi connectivity index (χ1) is 16.2. The van der Waals surface area contributed by atoms with Gasteiger partial charge in [0.05, 0.1) is 17.1 Å². The van der Waals surface area contributed by atoms with Crippen molar-refractivity contribution in [2.24, 2.45) is 0 Å². The van der Waals surface area contributed by atoms with Crippen molar-refractivity contribution in [3.8, 4) is 22.4 Å². The number of rotatable bonds is 3. The predicted molar refractivity (Wildman–Crippen MR) is 125 cm³/mol. The molecule has 0 radical (unpaired) electrons. The number of fused-ring (bicyclic) bond motifs is 3. The lowest BCUT2D eigenvalue weighted by Gasteiger charge is -2.31. The molecular weight excluding hydrogens is 414 g/mol. The van der Waals surface area contributed by atoms with Gasteiger partial charge in [0, 0.05) is 11.8 Å². The topological polar surface area (TPSA) is 25.8 Å². The molecule has 0 unspecified atom stereocenters. The second kappa shape index (κ2) is 7.45. The van der Waals surface area contributed by atoms with E-state index in [0.717, 1.165) is 33.8 Å². The second-order valence-corrected chi connectivity index (χ2v) is 8.12. The van der Waals surface area contributed by atoms with Crippen molar-refractivity contribution in [2.45, 2.75) is 5.41 Å². The number of pyridine rings is 2. The molecule has 0 N–H and O–H groups in total. The Morgan fingerprint density at radius 1 is 0.576 bits per heavy atom. The highest BCUT2D eigenvalue weighted by Gasteiger charge is 2.48. The van der Waals surface area contributed by atoms with E-state index in [-0.39, 0.29) is 11.6 Å². The minimum Gasteiger partial charge on any atom is -0.260 e. The van der Waals surface area contributed by atoms with Crippen molar-refractivity contribution in [3.05, 3.63) is 143 Å². The largest absolute Gasteiger partial charge is 0.260 e. The van der Waals surface area contributed by atoms with Crippen molar-refractivity contribution in [2.75, 3.05) is 0 Å². The van der Waals surface area contributed by atoms with E-state index < -0.39 is 5.41 Å². The number of hydrogen-bond acceptors (Lipinski definition) is 2. The van der Waals surface area contributed by atoms with Gasteiger partial charge in [-0.15, -0.1) is 0 Å². The lowest BCUT2D eigenvalue weighted by molar-refractivity contribution is 0.625. The van der Waals surface area contributed by atoms with Crippen LogP contribution in [0, 0.1) is 11.6 Å². The quantitative estimate of drug-likeness (QED) is 0.308. The van der Waals surface area contributed by atoms with E-state index in [1.807, 2.05) is 66.7 Å². The Hall–Kier alpha value is -4.18. The Labute approximate surface area is 190 Å². The number of benzene rings is 3. The maximum atomic E-state index is 14.4. The summed E-state index contributed by atoms with van der Waals surface area (Å²) >= 11 is 0. The first-order valence-electron chi connectivity index (χ1n) is 10.7. The van der Waals surface area contributed by atoms with Crippen LogP contribution in [-0.2, 0) is 5.41 Å². The smallest absolute Gasteiger partial charge is 0.123 e. The summed E-state index contributed by atoms with van der Waals surface area (Å²) < 4.78 is 28.7. The number of halogens is 2. The lowest BCUT2D eigenvalue weighted by Crippen LogP contribution is -2.31. The van der Waals surface area contributed by atoms with Gasteiger partial charge < -0.3 is 0 Å². The van der Waals surface area contributed by atoms with Crippen molar-refractivity contribution >= 4 is 0 Å². The van der Waals surface area contributed by atoms with Gasteiger partial charge in [0.1, 0.15) is 17.0 Å². The predicted octanol–water partition coefficient (Wildman–Crippen LogP) is 6.78. The van der Waals surface area contributed by atoms with Crippen molar-refractivity contribution in [1.29, 1.82) is 0 Å². The van der Waals surface area contributed by atoms with Crippen molar-refractivity contribution in [3.63, 3.8) is 0 Å². The second-order valence-electron chi connectivity index (χ2n) is 8.12. The zero-order valence-electron chi connectivity index (χ0n) is 17.5. The van der Waals surface area contributed by atoms with Crippen LogP contribution in [0.2, 0.25) is 0 Å². The molecule has 2 heterocycles. The molecule has 1 aliphatic carbocycles. The summed E-state index contributed by atoms with van der Waals surface area (Å²) in [5.41, 5.74) is 5.39. The highest BCUT2D eigenvalue weighted by atomic mass is 19.1. The van der Waals surface area contributed by atoms with Crippen LogP contribution in [0.5, 0.6) is 0 Å². The molecule has 0 spiro atoms. The third kappa shape index (κ3) is 2.91. The van der Waals surface area contributed by atoms with Crippen LogP contribution in [0.3, 0.4) is 0 Å². The van der Waals surface area contributed by atoms with E-state index in [1.54, 1.807) is 18.3 Å². The molecule has 2 nitrogen and oxygen atoms in total. The summed E-state index contributed by atoms with van der Waals surface area (Å²) in [4.78, 5) is 9.82. The molecule has 0 bridgehead atoms. The van der Waals surface area contributed by atoms with E-state index in [2.05, 4.69) is 0 Å². The van der Waals surface area contributed by atoms with E-state index >= 15 is 0 Å². The summed E-state index contributed by atoms with van der Waals surface area (Å²) in [6.45, 7) is 0. The highest BCUT2D eigenvalue weighted by molar-refractivity contribution is 5.85. The average Bonchev–Trinajstić information content (AvgIpc) is 3.15. The molecule has 6 rings (SSSR count). The number of aromatic nitrogens is 2. The molecule has 5 aromatic rings. The zero-order valence-corrected chi connectivity index (χ0v) is 17.5. The monoisotopic (exact) mass is 432 g/mol. The van der Waals surface area contributed by atoms with Gasteiger partial charge in [0.2, 0.25) is 0 Å². The Morgan fingerprint density at radius 2 is 1.21 bits per heavy atom. The highest BCUT2D eigenvalue weighted by Crippen LogP contribution is 2.55.